The van der Waals surface area contributed by atoms with Crippen LogP contribution < -0.4 is 0 Å². The Bertz CT molecular complexity index is 305. The Kier molecular flexibility index (Phi) is 7.81. The zero-order chi connectivity index (χ0) is 12.4. The van der Waals surface area contributed by atoms with Gasteiger partial charge in [-0.3, -0.25) is 0 Å². The third-order valence-electron chi connectivity index (χ3n) is 1.68. The number of benzene rings is 1. The molecule has 0 aliphatic heterocycles. The van der Waals surface area contributed by atoms with Gasteiger partial charge in [0.05, 0.1) is 6.61 Å². The highest BCUT2D eigenvalue weighted by Gasteiger charge is 1.90. The van der Waals surface area contributed by atoms with Crippen molar-refractivity contribution in [1.82, 2.24) is 0 Å². The van der Waals surface area contributed by atoms with Gasteiger partial charge in [0.15, 0.2) is 0 Å². The highest BCUT2D eigenvalue weighted by Crippen LogP contribution is 1.99. The summed E-state index contributed by atoms with van der Waals surface area (Å²) in [4.78, 5) is 9.60. The predicted octanol–water partition coefficient (Wildman–Crippen LogP) is 2.87. The fourth-order valence-electron chi connectivity index (χ4n) is 0.794. The second kappa shape index (κ2) is 8.68. The van der Waals surface area contributed by atoms with E-state index >= 15 is 0 Å². The number of carboxylic acid groups (broad SMARTS) is 1. The minimum absolute atomic E-state index is 0.176. The average molecular weight is 222 g/mol. The van der Waals surface area contributed by atoms with E-state index in [4.69, 9.17) is 9.84 Å². The SMILES string of the molecule is C=C(C)C(=O)O.CCOCc1ccccc1. The molecule has 1 N–H and O–H groups in total. The van der Waals surface area contributed by atoms with Crippen molar-refractivity contribution in [3.63, 3.8) is 0 Å². The number of hydrogen-bond acceptors (Lipinski definition) is 2. The van der Waals surface area contributed by atoms with Crippen LogP contribution in [0.1, 0.15) is 19.4 Å². The number of hydrogen-bond donors (Lipinski definition) is 1. The van der Waals surface area contributed by atoms with Crippen LogP contribution >= 0.6 is 0 Å². The summed E-state index contributed by atoms with van der Waals surface area (Å²) in [5.41, 5.74) is 1.42. The Morgan fingerprint density at radius 1 is 1.38 bits per heavy atom. The Morgan fingerprint density at radius 3 is 2.25 bits per heavy atom. The molecular formula is C13H18O3. The summed E-state index contributed by atoms with van der Waals surface area (Å²) >= 11 is 0. The first-order valence-electron chi connectivity index (χ1n) is 5.08. The van der Waals surface area contributed by atoms with Gasteiger partial charge in [-0.25, -0.2) is 4.79 Å². The van der Waals surface area contributed by atoms with Gasteiger partial charge in [-0.15, -0.1) is 0 Å². The first kappa shape index (κ1) is 14.4. The van der Waals surface area contributed by atoms with Crippen molar-refractivity contribution in [3.05, 3.63) is 48.0 Å². The van der Waals surface area contributed by atoms with E-state index in [1.165, 1.54) is 12.5 Å². The van der Waals surface area contributed by atoms with Gasteiger partial charge < -0.3 is 9.84 Å². The molecular weight excluding hydrogens is 204 g/mol. The van der Waals surface area contributed by atoms with Crippen molar-refractivity contribution in [3.8, 4) is 0 Å². The van der Waals surface area contributed by atoms with Gasteiger partial charge in [0.2, 0.25) is 0 Å². The number of carboxylic acids is 1. The molecule has 88 valence electrons. The molecule has 0 aliphatic rings. The van der Waals surface area contributed by atoms with Crippen LogP contribution in [0.3, 0.4) is 0 Å². The van der Waals surface area contributed by atoms with Crippen molar-refractivity contribution >= 4 is 5.97 Å². The summed E-state index contributed by atoms with van der Waals surface area (Å²) < 4.78 is 5.22. The number of aliphatic carboxylic acids is 1. The molecule has 0 unspecified atom stereocenters. The number of ether oxygens (including phenoxy) is 1. The van der Waals surface area contributed by atoms with E-state index in [9.17, 15) is 4.79 Å². The maximum atomic E-state index is 9.60. The fraction of sp³-hybridized carbons (Fsp3) is 0.308. The van der Waals surface area contributed by atoms with E-state index in [0.29, 0.717) is 0 Å². The maximum absolute atomic E-state index is 9.60. The van der Waals surface area contributed by atoms with E-state index in [1.54, 1.807) is 0 Å². The lowest BCUT2D eigenvalue weighted by atomic mass is 10.2. The first-order valence-corrected chi connectivity index (χ1v) is 5.08. The van der Waals surface area contributed by atoms with Crippen LogP contribution in [0.4, 0.5) is 0 Å². The van der Waals surface area contributed by atoms with Crippen LogP contribution in [0.15, 0.2) is 42.5 Å². The molecule has 0 saturated carbocycles. The molecule has 0 saturated heterocycles. The van der Waals surface area contributed by atoms with Crippen molar-refractivity contribution in [2.24, 2.45) is 0 Å². The summed E-state index contributed by atoms with van der Waals surface area (Å²) in [5, 5.41) is 7.89. The summed E-state index contributed by atoms with van der Waals surface area (Å²) in [6.07, 6.45) is 0. The van der Waals surface area contributed by atoms with Crippen molar-refractivity contribution in [1.29, 1.82) is 0 Å². The van der Waals surface area contributed by atoms with Crippen LogP contribution in [-0.2, 0) is 16.1 Å². The van der Waals surface area contributed by atoms with Gasteiger partial charge >= 0.3 is 5.97 Å². The molecule has 3 nitrogen and oxygen atoms in total. The molecule has 16 heavy (non-hydrogen) atoms. The lowest BCUT2D eigenvalue weighted by Crippen LogP contribution is -1.92. The predicted molar refractivity (Wildman–Crippen MR) is 64.2 cm³/mol. The topological polar surface area (TPSA) is 46.5 Å². The molecule has 0 aromatic heterocycles. The second-order valence-electron chi connectivity index (χ2n) is 3.21. The van der Waals surface area contributed by atoms with Gasteiger partial charge in [0.25, 0.3) is 0 Å². The zero-order valence-corrected chi connectivity index (χ0v) is 9.77. The Hall–Kier alpha value is -1.61. The monoisotopic (exact) mass is 222 g/mol. The van der Waals surface area contributed by atoms with Crippen LogP contribution in [0.2, 0.25) is 0 Å². The number of rotatable bonds is 4. The van der Waals surface area contributed by atoms with Gasteiger partial charge in [-0.2, -0.15) is 0 Å². The summed E-state index contributed by atoms with van der Waals surface area (Å²) in [6.45, 7) is 8.12. The minimum atomic E-state index is -0.935. The standard InChI is InChI=1S/C9H12O.C4H6O2/c1-2-10-8-9-6-4-3-5-7-9;1-3(2)4(5)6/h3-7H,2,8H2,1H3;1H2,2H3,(H,5,6). The summed E-state index contributed by atoms with van der Waals surface area (Å²) in [7, 11) is 0. The molecule has 0 spiro atoms. The summed E-state index contributed by atoms with van der Waals surface area (Å²) in [5.74, 6) is -0.935. The van der Waals surface area contributed by atoms with Crippen molar-refractivity contribution in [2.45, 2.75) is 20.5 Å². The van der Waals surface area contributed by atoms with Crippen LogP contribution in [-0.4, -0.2) is 17.7 Å². The lowest BCUT2D eigenvalue weighted by Gasteiger charge is -1.98. The Balaban J connectivity index is 0.000000325. The first-order chi connectivity index (χ1) is 7.57. The fourth-order valence-corrected chi connectivity index (χ4v) is 0.794. The van der Waals surface area contributed by atoms with Crippen LogP contribution in [0, 0.1) is 0 Å². The molecule has 0 radical (unpaired) electrons. The van der Waals surface area contributed by atoms with E-state index in [0.717, 1.165) is 13.2 Å². The smallest absolute Gasteiger partial charge is 0.330 e. The zero-order valence-electron chi connectivity index (χ0n) is 9.77. The van der Waals surface area contributed by atoms with Gasteiger partial charge in [-0.1, -0.05) is 36.9 Å². The molecule has 0 atom stereocenters. The van der Waals surface area contributed by atoms with Crippen LogP contribution in [0.25, 0.3) is 0 Å². The maximum Gasteiger partial charge on any atom is 0.330 e. The molecule has 1 aromatic rings. The van der Waals surface area contributed by atoms with Gasteiger partial charge in [-0.05, 0) is 19.4 Å². The highest BCUT2D eigenvalue weighted by molar-refractivity contribution is 5.84. The molecule has 0 bridgehead atoms. The largest absolute Gasteiger partial charge is 0.478 e. The number of carbonyl (C=O) groups is 1. The third-order valence-corrected chi connectivity index (χ3v) is 1.68. The quantitative estimate of drug-likeness (QED) is 0.797. The summed E-state index contributed by atoms with van der Waals surface area (Å²) in [6, 6.07) is 10.2. The second-order valence-corrected chi connectivity index (χ2v) is 3.21. The molecule has 0 amide bonds. The van der Waals surface area contributed by atoms with Gasteiger partial charge in [0.1, 0.15) is 0 Å². The third kappa shape index (κ3) is 7.76. The van der Waals surface area contributed by atoms with Gasteiger partial charge in [0, 0.05) is 12.2 Å². The highest BCUT2D eigenvalue weighted by atomic mass is 16.5. The van der Waals surface area contributed by atoms with E-state index < -0.39 is 5.97 Å². The van der Waals surface area contributed by atoms with E-state index in [-0.39, 0.29) is 5.57 Å². The van der Waals surface area contributed by atoms with Crippen molar-refractivity contribution in [2.75, 3.05) is 6.61 Å². The molecule has 0 aliphatic carbocycles. The molecule has 1 rings (SSSR count). The Morgan fingerprint density at radius 2 is 1.88 bits per heavy atom. The Labute approximate surface area is 96.4 Å². The molecule has 0 fully saturated rings. The molecule has 0 heterocycles. The minimum Gasteiger partial charge on any atom is -0.478 e. The molecule has 1 aromatic carbocycles. The lowest BCUT2D eigenvalue weighted by molar-refractivity contribution is -0.132. The van der Waals surface area contributed by atoms with E-state index in [1.807, 2.05) is 25.1 Å². The average Bonchev–Trinajstić information content (AvgIpc) is 2.28. The molecule has 3 heteroatoms. The van der Waals surface area contributed by atoms with Crippen LogP contribution in [0.5, 0.6) is 0 Å². The normalized spacial score (nSPS) is 8.88. The van der Waals surface area contributed by atoms with E-state index in [2.05, 4.69) is 18.7 Å². The van der Waals surface area contributed by atoms with Crippen molar-refractivity contribution < 1.29 is 14.6 Å².